The first kappa shape index (κ1) is 29.8. The summed E-state index contributed by atoms with van der Waals surface area (Å²) in [4.78, 5) is 27.7. The lowest BCUT2D eigenvalue weighted by Crippen LogP contribution is -2.38. The maximum Gasteiger partial charge on any atom is 0.416 e. The average Bonchev–Trinajstić information content (AvgIpc) is 3.46. The van der Waals surface area contributed by atoms with Crippen molar-refractivity contribution in [3.8, 4) is 0 Å². The monoisotopic (exact) mass is 580 g/mol. The van der Waals surface area contributed by atoms with Gasteiger partial charge in [0.25, 0.3) is 0 Å². The van der Waals surface area contributed by atoms with Gasteiger partial charge in [0.1, 0.15) is 5.82 Å². The first-order valence-corrected chi connectivity index (χ1v) is 14.7. The number of ketones is 1. The molecule has 0 radical (unpaired) electrons. The summed E-state index contributed by atoms with van der Waals surface area (Å²) in [5.41, 5.74) is 1.59. The van der Waals surface area contributed by atoms with Crippen LogP contribution in [0.1, 0.15) is 83.5 Å². The van der Waals surface area contributed by atoms with Crippen LogP contribution in [0.3, 0.4) is 0 Å². The molecule has 5 rings (SSSR count). The molecule has 1 unspecified atom stereocenters. The molecule has 4 nitrogen and oxygen atoms in total. The highest BCUT2D eigenvalue weighted by molar-refractivity contribution is 6.01. The predicted molar refractivity (Wildman–Crippen MR) is 156 cm³/mol. The fourth-order valence-electron chi connectivity index (χ4n) is 6.73. The van der Waals surface area contributed by atoms with Gasteiger partial charge in [0.15, 0.2) is 5.78 Å². The molecule has 3 aromatic rings. The lowest BCUT2D eigenvalue weighted by atomic mass is 9.66. The van der Waals surface area contributed by atoms with Crippen molar-refractivity contribution in [2.75, 3.05) is 10.6 Å². The molecule has 2 saturated carbocycles. The molecule has 8 heteroatoms. The van der Waals surface area contributed by atoms with Crippen LogP contribution in [0.2, 0.25) is 0 Å². The number of Topliss-reactive ketones (excluding diaryl/α,β-unsaturated/α-hetero) is 1. The molecule has 0 aliphatic heterocycles. The fraction of sp³-hybridized carbons (Fsp3) is 0.412. The molecule has 2 aliphatic rings. The summed E-state index contributed by atoms with van der Waals surface area (Å²) in [5, 5.41) is 6.24. The Bertz CT molecular complexity index is 1420. The first-order valence-electron chi connectivity index (χ1n) is 14.7. The number of hydrogen-bond acceptors (Lipinski definition) is 3. The van der Waals surface area contributed by atoms with E-state index >= 15 is 0 Å². The number of alkyl halides is 3. The largest absolute Gasteiger partial charge is 0.416 e. The Kier molecular flexibility index (Phi) is 8.71. The van der Waals surface area contributed by atoms with Crippen molar-refractivity contribution in [3.05, 3.63) is 94.3 Å². The zero-order chi connectivity index (χ0) is 30.0. The number of halogens is 4. The zero-order valence-electron chi connectivity index (χ0n) is 23.9. The Hall–Kier alpha value is -3.68. The molecule has 1 amide bonds. The molecule has 0 bridgehead atoms. The summed E-state index contributed by atoms with van der Waals surface area (Å²) < 4.78 is 55.6. The van der Waals surface area contributed by atoms with Gasteiger partial charge in [0, 0.05) is 35.2 Å². The van der Waals surface area contributed by atoms with Crippen LogP contribution in [0.5, 0.6) is 0 Å². The van der Waals surface area contributed by atoms with Crippen molar-refractivity contribution in [2.24, 2.45) is 11.8 Å². The minimum atomic E-state index is -4.55. The van der Waals surface area contributed by atoms with Crippen molar-refractivity contribution in [3.63, 3.8) is 0 Å². The minimum absolute atomic E-state index is 0.0291. The van der Waals surface area contributed by atoms with Crippen LogP contribution in [0.4, 0.5) is 28.9 Å². The van der Waals surface area contributed by atoms with Gasteiger partial charge in [0.05, 0.1) is 11.1 Å². The molecule has 42 heavy (non-hydrogen) atoms. The Labute approximate surface area is 243 Å². The molecule has 0 aromatic heterocycles. The standard InChI is InChI=1S/C34H36F4N2O2/c1-20-13-16-25(19-28(20)34(36,37)38)40-33(42)27-11-6-10-26(32(41)30-21(2)7-5-12-29(30)35)31(27)22-14-17-24(18-15-22)39-23-8-3-4-9-23/h5,7,12-19,23,26-27,31,39H,3-4,6,8-11H2,1-2H3,(H,40,42)/t26?,27-,31+/m0/s1. The van der Waals surface area contributed by atoms with Gasteiger partial charge in [-0.05, 0) is 86.6 Å². The van der Waals surface area contributed by atoms with Crippen LogP contribution in [0.15, 0.2) is 60.7 Å². The van der Waals surface area contributed by atoms with E-state index in [1.807, 2.05) is 24.3 Å². The summed E-state index contributed by atoms with van der Waals surface area (Å²) in [6.45, 7) is 3.06. The number of aryl methyl sites for hydroxylation is 2. The third-order valence-corrected chi connectivity index (χ3v) is 8.87. The minimum Gasteiger partial charge on any atom is -0.382 e. The second-order valence-corrected chi connectivity index (χ2v) is 11.7. The number of benzene rings is 3. The normalized spacial score (nSPS) is 21.2. The van der Waals surface area contributed by atoms with E-state index in [9.17, 15) is 27.2 Å². The van der Waals surface area contributed by atoms with Crippen LogP contribution in [-0.4, -0.2) is 17.7 Å². The molecule has 0 saturated heterocycles. The topological polar surface area (TPSA) is 58.2 Å². The van der Waals surface area contributed by atoms with E-state index in [1.165, 1.54) is 38.0 Å². The van der Waals surface area contributed by atoms with Gasteiger partial charge in [0.2, 0.25) is 5.91 Å². The van der Waals surface area contributed by atoms with Crippen molar-refractivity contribution >= 4 is 23.1 Å². The van der Waals surface area contributed by atoms with Gasteiger partial charge >= 0.3 is 6.18 Å². The summed E-state index contributed by atoms with van der Waals surface area (Å²) in [7, 11) is 0. The molecule has 222 valence electrons. The number of carbonyl (C=O) groups excluding carboxylic acids is 2. The molecular formula is C34H36F4N2O2. The van der Waals surface area contributed by atoms with Gasteiger partial charge in [-0.15, -0.1) is 0 Å². The van der Waals surface area contributed by atoms with E-state index in [1.54, 1.807) is 19.1 Å². The third-order valence-electron chi connectivity index (χ3n) is 8.87. The number of carbonyl (C=O) groups is 2. The van der Waals surface area contributed by atoms with Crippen LogP contribution < -0.4 is 10.6 Å². The van der Waals surface area contributed by atoms with E-state index in [4.69, 9.17) is 0 Å². The highest BCUT2D eigenvalue weighted by Gasteiger charge is 2.43. The number of rotatable bonds is 7. The van der Waals surface area contributed by atoms with E-state index in [0.29, 0.717) is 30.9 Å². The smallest absolute Gasteiger partial charge is 0.382 e. The lowest BCUT2D eigenvalue weighted by Gasteiger charge is -2.37. The van der Waals surface area contributed by atoms with E-state index in [0.717, 1.165) is 30.2 Å². The fourth-order valence-corrected chi connectivity index (χ4v) is 6.73. The SMILES string of the molecule is Cc1ccc(NC(=O)[C@H]2CCCC(C(=O)c3c(C)cccc3F)[C@H]2c2ccc(NC3CCCC3)cc2)cc1C(F)(F)F. The molecule has 3 aromatic carbocycles. The second-order valence-electron chi connectivity index (χ2n) is 11.7. The van der Waals surface area contributed by atoms with E-state index < -0.39 is 41.2 Å². The number of nitrogens with one attached hydrogen (secondary N) is 2. The zero-order valence-corrected chi connectivity index (χ0v) is 23.9. The van der Waals surface area contributed by atoms with E-state index in [-0.39, 0.29) is 22.6 Å². The van der Waals surface area contributed by atoms with Crippen molar-refractivity contribution in [1.82, 2.24) is 0 Å². The summed E-state index contributed by atoms with van der Waals surface area (Å²) >= 11 is 0. The van der Waals surface area contributed by atoms with Crippen LogP contribution in [-0.2, 0) is 11.0 Å². The summed E-state index contributed by atoms with van der Waals surface area (Å²) in [6, 6.07) is 16.4. The molecule has 2 fully saturated rings. The molecule has 0 spiro atoms. The van der Waals surface area contributed by atoms with Crippen molar-refractivity contribution in [1.29, 1.82) is 0 Å². The van der Waals surface area contributed by atoms with Gasteiger partial charge < -0.3 is 10.6 Å². The highest BCUT2D eigenvalue weighted by atomic mass is 19.4. The van der Waals surface area contributed by atoms with Crippen LogP contribution in [0, 0.1) is 31.5 Å². The van der Waals surface area contributed by atoms with E-state index in [2.05, 4.69) is 10.6 Å². The lowest BCUT2D eigenvalue weighted by molar-refractivity contribution is -0.138. The maximum atomic E-state index is 14.9. The Balaban J connectivity index is 1.48. The number of amides is 1. The summed E-state index contributed by atoms with van der Waals surface area (Å²) in [5.74, 6) is -3.32. The summed E-state index contributed by atoms with van der Waals surface area (Å²) in [6.07, 6.45) is 1.55. The molecule has 0 heterocycles. The van der Waals surface area contributed by atoms with Gasteiger partial charge in [-0.3, -0.25) is 9.59 Å². The Morgan fingerprint density at radius 2 is 1.45 bits per heavy atom. The second kappa shape index (κ2) is 12.3. The molecule has 3 atom stereocenters. The van der Waals surface area contributed by atoms with Gasteiger partial charge in [-0.2, -0.15) is 13.2 Å². The van der Waals surface area contributed by atoms with Crippen molar-refractivity contribution in [2.45, 2.75) is 76.9 Å². The van der Waals surface area contributed by atoms with Gasteiger partial charge in [-0.1, -0.05) is 49.6 Å². The Morgan fingerprint density at radius 3 is 2.12 bits per heavy atom. The number of anilines is 2. The average molecular weight is 581 g/mol. The first-order chi connectivity index (χ1) is 20.0. The van der Waals surface area contributed by atoms with Crippen molar-refractivity contribution < 1.29 is 27.2 Å². The van der Waals surface area contributed by atoms with Crippen LogP contribution >= 0.6 is 0 Å². The third kappa shape index (κ3) is 6.37. The maximum absolute atomic E-state index is 14.9. The molecular weight excluding hydrogens is 544 g/mol. The number of hydrogen-bond donors (Lipinski definition) is 2. The quantitative estimate of drug-likeness (QED) is 0.217. The predicted octanol–water partition coefficient (Wildman–Crippen LogP) is 8.84. The highest BCUT2D eigenvalue weighted by Crippen LogP contribution is 2.45. The van der Waals surface area contributed by atoms with Crippen LogP contribution in [0.25, 0.3) is 0 Å². The Morgan fingerprint density at radius 1 is 0.786 bits per heavy atom. The molecule has 2 N–H and O–H groups in total. The molecule has 2 aliphatic carbocycles. The van der Waals surface area contributed by atoms with Gasteiger partial charge in [-0.25, -0.2) is 4.39 Å².